The van der Waals surface area contributed by atoms with Gasteiger partial charge in [0, 0.05) is 23.5 Å². The molecule has 1 saturated carbocycles. The van der Waals surface area contributed by atoms with Gasteiger partial charge in [0.15, 0.2) is 0 Å². The van der Waals surface area contributed by atoms with Crippen LogP contribution in [0.4, 0.5) is 0 Å². The Kier molecular flexibility index (Phi) is 6.96. The Morgan fingerprint density at radius 1 is 1.33 bits per heavy atom. The van der Waals surface area contributed by atoms with Crippen molar-refractivity contribution >= 4 is 11.8 Å². The van der Waals surface area contributed by atoms with Crippen molar-refractivity contribution < 1.29 is 0 Å². The smallest absolute Gasteiger partial charge is 0.0130 e. The van der Waals surface area contributed by atoms with Crippen LogP contribution in [0.15, 0.2) is 0 Å². The van der Waals surface area contributed by atoms with E-state index in [-0.39, 0.29) is 0 Å². The Balaban J connectivity index is 2.00. The SMILES string of the molecule is C#CCCCC(N)CSC1CCCCC1. The zero-order chi connectivity index (χ0) is 10.9. The van der Waals surface area contributed by atoms with Crippen LogP contribution in [0.25, 0.3) is 0 Å². The predicted octanol–water partition coefficient (Wildman–Crippen LogP) is 3.18. The average molecular weight is 225 g/mol. The summed E-state index contributed by atoms with van der Waals surface area (Å²) >= 11 is 2.09. The first kappa shape index (κ1) is 12.9. The predicted molar refractivity (Wildman–Crippen MR) is 70.0 cm³/mol. The molecule has 0 heterocycles. The van der Waals surface area contributed by atoms with E-state index < -0.39 is 0 Å². The summed E-state index contributed by atoms with van der Waals surface area (Å²) in [6.07, 6.45) is 15.3. The lowest BCUT2D eigenvalue weighted by molar-refractivity contribution is 0.515. The fraction of sp³-hybridized carbons (Fsp3) is 0.846. The van der Waals surface area contributed by atoms with Gasteiger partial charge in [-0.2, -0.15) is 11.8 Å². The number of rotatable bonds is 6. The highest BCUT2D eigenvalue weighted by Crippen LogP contribution is 2.28. The quantitative estimate of drug-likeness (QED) is 0.555. The molecule has 0 radical (unpaired) electrons. The van der Waals surface area contributed by atoms with Crippen LogP contribution in [0.3, 0.4) is 0 Å². The Bertz CT molecular complexity index is 191. The molecule has 1 fully saturated rings. The molecule has 0 bridgehead atoms. The zero-order valence-corrected chi connectivity index (χ0v) is 10.4. The summed E-state index contributed by atoms with van der Waals surface area (Å²) in [4.78, 5) is 0. The fourth-order valence-electron chi connectivity index (χ4n) is 2.04. The number of thioether (sulfide) groups is 1. The molecule has 0 aliphatic heterocycles. The van der Waals surface area contributed by atoms with Crippen LogP contribution >= 0.6 is 11.8 Å². The maximum absolute atomic E-state index is 6.04. The average Bonchev–Trinajstić information content (AvgIpc) is 2.28. The molecule has 1 unspecified atom stereocenters. The van der Waals surface area contributed by atoms with Gasteiger partial charge in [-0.25, -0.2) is 0 Å². The monoisotopic (exact) mass is 225 g/mol. The van der Waals surface area contributed by atoms with Crippen molar-refractivity contribution in [2.45, 2.75) is 62.7 Å². The molecule has 1 nitrogen and oxygen atoms in total. The highest BCUT2D eigenvalue weighted by atomic mass is 32.2. The second kappa shape index (κ2) is 8.07. The van der Waals surface area contributed by atoms with E-state index in [1.54, 1.807) is 0 Å². The molecular formula is C13H23NS. The van der Waals surface area contributed by atoms with Crippen LogP contribution in [-0.2, 0) is 0 Å². The first-order valence-electron chi connectivity index (χ1n) is 6.13. The molecule has 0 amide bonds. The molecule has 2 N–H and O–H groups in total. The first-order chi connectivity index (χ1) is 7.33. The van der Waals surface area contributed by atoms with Gasteiger partial charge in [-0.05, 0) is 25.7 Å². The van der Waals surface area contributed by atoms with Crippen molar-refractivity contribution in [3.8, 4) is 12.3 Å². The van der Waals surface area contributed by atoms with Gasteiger partial charge in [-0.1, -0.05) is 19.3 Å². The lowest BCUT2D eigenvalue weighted by atomic mass is 10.0. The van der Waals surface area contributed by atoms with E-state index >= 15 is 0 Å². The van der Waals surface area contributed by atoms with Gasteiger partial charge in [-0.3, -0.25) is 0 Å². The largest absolute Gasteiger partial charge is 0.327 e. The van der Waals surface area contributed by atoms with Crippen LogP contribution in [0.2, 0.25) is 0 Å². The molecule has 86 valence electrons. The summed E-state index contributed by atoms with van der Waals surface area (Å²) in [5.74, 6) is 3.79. The second-order valence-corrected chi connectivity index (χ2v) is 5.78. The Morgan fingerprint density at radius 2 is 2.07 bits per heavy atom. The molecular weight excluding hydrogens is 202 g/mol. The summed E-state index contributed by atoms with van der Waals surface area (Å²) in [6, 6.07) is 0.352. The minimum atomic E-state index is 0.352. The summed E-state index contributed by atoms with van der Waals surface area (Å²) in [6.45, 7) is 0. The summed E-state index contributed by atoms with van der Waals surface area (Å²) in [5, 5.41) is 0.887. The van der Waals surface area contributed by atoms with E-state index in [0.29, 0.717) is 6.04 Å². The molecule has 15 heavy (non-hydrogen) atoms. The molecule has 0 aromatic rings. The molecule has 1 atom stereocenters. The van der Waals surface area contributed by atoms with Crippen LogP contribution in [0, 0.1) is 12.3 Å². The molecule has 1 rings (SSSR count). The maximum Gasteiger partial charge on any atom is 0.0130 e. The van der Waals surface area contributed by atoms with Crippen molar-refractivity contribution in [3.63, 3.8) is 0 Å². The third-order valence-electron chi connectivity index (χ3n) is 2.99. The van der Waals surface area contributed by atoms with E-state index in [1.165, 1.54) is 32.1 Å². The van der Waals surface area contributed by atoms with Crippen molar-refractivity contribution in [1.82, 2.24) is 0 Å². The number of unbranched alkanes of at least 4 members (excludes halogenated alkanes) is 1. The van der Waals surface area contributed by atoms with Gasteiger partial charge in [0.1, 0.15) is 0 Å². The van der Waals surface area contributed by atoms with Gasteiger partial charge in [0.05, 0.1) is 0 Å². The van der Waals surface area contributed by atoms with Crippen molar-refractivity contribution in [2.24, 2.45) is 5.73 Å². The normalized spacial score (nSPS) is 19.7. The van der Waals surface area contributed by atoms with Crippen molar-refractivity contribution in [2.75, 3.05) is 5.75 Å². The highest BCUT2D eigenvalue weighted by Gasteiger charge is 2.14. The molecule has 0 aromatic carbocycles. The first-order valence-corrected chi connectivity index (χ1v) is 7.18. The second-order valence-electron chi connectivity index (χ2n) is 4.45. The lowest BCUT2D eigenvalue weighted by Gasteiger charge is -2.22. The third-order valence-corrected chi connectivity index (χ3v) is 4.56. The Morgan fingerprint density at radius 3 is 2.73 bits per heavy atom. The molecule has 1 aliphatic carbocycles. The van der Waals surface area contributed by atoms with Gasteiger partial charge >= 0.3 is 0 Å². The van der Waals surface area contributed by atoms with Crippen LogP contribution < -0.4 is 5.73 Å². The summed E-state index contributed by atoms with van der Waals surface area (Å²) in [7, 11) is 0. The zero-order valence-electron chi connectivity index (χ0n) is 9.58. The minimum Gasteiger partial charge on any atom is -0.327 e. The number of hydrogen-bond acceptors (Lipinski definition) is 2. The minimum absolute atomic E-state index is 0.352. The van der Waals surface area contributed by atoms with E-state index in [1.807, 2.05) is 0 Å². The molecule has 2 heteroatoms. The highest BCUT2D eigenvalue weighted by molar-refractivity contribution is 7.99. The topological polar surface area (TPSA) is 26.0 Å². The van der Waals surface area contributed by atoms with Crippen LogP contribution in [0.1, 0.15) is 51.4 Å². The van der Waals surface area contributed by atoms with E-state index in [2.05, 4.69) is 17.7 Å². The van der Waals surface area contributed by atoms with E-state index in [0.717, 1.165) is 30.3 Å². The Labute approximate surface area is 98.6 Å². The fourth-order valence-corrected chi connectivity index (χ4v) is 3.39. The van der Waals surface area contributed by atoms with Crippen molar-refractivity contribution in [1.29, 1.82) is 0 Å². The maximum atomic E-state index is 6.04. The van der Waals surface area contributed by atoms with Crippen LogP contribution in [0.5, 0.6) is 0 Å². The van der Waals surface area contributed by atoms with Crippen molar-refractivity contribution in [3.05, 3.63) is 0 Å². The summed E-state index contributed by atoms with van der Waals surface area (Å²) in [5.41, 5.74) is 6.04. The molecule has 0 aromatic heterocycles. The number of hydrogen-bond donors (Lipinski definition) is 1. The Hall–Kier alpha value is -0.130. The van der Waals surface area contributed by atoms with E-state index in [4.69, 9.17) is 12.2 Å². The van der Waals surface area contributed by atoms with Gasteiger partial charge in [0.25, 0.3) is 0 Å². The van der Waals surface area contributed by atoms with Gasteiger partial charge in [0.2, 0.25) is 0 Å². The van der Waals surface area contributed by atoms with Gasteiger partial charge in [-0.15, -0.1) is 12.3 Å². The molecule has 0 saturated heterocycles. The van der Waals surface area contributed by atoms with Gasteiger partial charge < -0.3 is 5.73 Å². The summed E-state index contributed by atoms with van der Waals surface area (Å²) < 4.78 is 0. The third kappa shape index (κ3) is 6.12. The van der Waals surface area contributed by atoms with Crippen LogP contribution in [-0.4, -0.2) is 17.0 Å². The van der Waals surface area contributed by atoms with E-state index in [9.17, 15) is 0 Å². The molecule has 0 spiro atoms. The number of terminal acetylenes is 1. The standard InChI is InChI=1S/C13H23NS/c1-2-3-5-8-12(14)11-15-13-9-6-4-7-10-13/h1,12-13H,3-11,14H2. The number of nitrogens with two attached hydrogens (primary N) is 1. The molecule has 1 aliphatic rings. The lowest BCUT2D eigenvalue weighted by Crippen LogP contribution is -2.24.